The smallest absolute Gasteiger partial charge is 0.252 e. The Morgan fingerprint density at radius 2 is 2.10 bits per heavy atom. The lowest BCUT2D eigenvalue weighted by atomic mass is 10.2. The van der Waals surface area contributed by atoms with Crippen LogP contribution in [-0.2, 0) is 14.4 Å². The summed E-state index contributed by atoms with van der Waals surface area (Å²) < 4.78 is 0. The molecule has 0 aliphatic carbocycles. The van der Waals surface area contributed by atoms with Gasteiger partial charge in [0.15, 0.2) is 0 Å². The summed E-state index contributed by atoms with van der Waals surface area (Å²) in [4.78, 5) is 36.7. The third-order valence-corrected chi connectivity index (χ3v) is 3.63. The number of halogens is 1. The van der Waals surface area contributed by atoms with Gasteiger partial charge in [-0.15, -0.1) is 12.4 Å². The van der Waals surface area contributed by atoms with Crippen LogP contribution in [0.3, 0.4) is 0 Å². The molecule has 1 aliphatic rings. The maximum absolute atomic E-state index is 12.0. The minimum Gasteiger partial charge on any atom is -0.342 e. The molecule has 0 saturated carbocycles. The second-order valence-electron chi connectivity index (χ2n) is 4.85. The zero-order chi connectivity index (χ0) is 14.6. The van der Waals surface area contributed by atoms with Crippen molar-refractivity contribution < 1.29 is 14.4 Å². The fraction of sp³-hybridized carbons (Fsp3) is 0.750. The topological polar surface area (TPSA) is 92.5 Å². The molecule has 116 valence electrons. The highest BCUT2D eigenvalue weighted by Gasteiger charge is 2.40. The number of thioether (sulfide) groups is 1. The largest absolute Gasteiger partial charge is 0.342 e. The first-order valence-corrected chi connectivity index (χ1v) is 7.68. The highest BCUT2D eigenvalue weighted by molar-refractivity contribution is 7.98. The Morgan fingerprint density at radius 1 is 1.50 bits per heavy atom. The van der Waals surface area contributed by atoms with Crippen molar-refractivity contribution in [3.63, 3.8) is 0 Å². The van der Waals surface area contributed by atoms with Gasteiger partial charge in [-0.3, -0.25) is 19.3 Å². The van der Waals surface area contributed by atoms with E-state index < -0.39 is 12.1 Å². The first kappa shape index (κ1) is 19.2. The average molecular weight is 324 g/mol. The van der Waals surface area contributed by atoms with Crippen LogP contribution in [0.1, 0.15) is 26.7 Å². The molecule has 1 fully saturated rings. The first-order valence-electron chi connectivity index (χ1n) is 6.29. The van der Waals surface area contributed by atoms with Crippen LogP contribution in [0, 0.1) is 0 Å². The van der Waals surface area contributed by atoms with Gasteiger partial charge in [-0.1, -0.05) is 0 Å². The van der Waals surface area contributed by atoms with Crippen molar-refractivity contribution >= 4 is 41.9 Å². The van der Waals surface area contributed by atoms with Gasteiger partial charge in [0, 0.05) is 6.04 Å². The predicted molar refractivity (Wildman–Crippen MR) is 81.8 cm³/mol. The predicted octanol–water partition coefficient (Wildman–Crippen LogP) is 0.141. The molecule has 3 N–H and O–H groups in total. The molecule has 1 unspecified atom stereocenters. The molecule has 0 aromatic carbocycles. The van der Waals surface area contributed by atoms with E-state index in [1.165, 1.54) is 4.90 Å². The summed E-state index contributed by atoms with van der Waals surface area (Å²) in [5.41, 5.74) is 5.72. The van der Waals surface area contributed by atoms with Gasteiger partial charge in [0.2, 0.25) is 11.8 Å². The van der Waals surface area contributed by atoms with Crippen LogP contribution in [0.15, 0.2) is 0 Å². The molecule has 20 heavy (non-hydrogen) atoms. The average Bonchev–Trinajstić information content (AvgIpc) is 2.61. The van der Waals surface area contributed by atoms with Gasteiger partial charge >= 0.3 is 0 Å². The van der Waals surface area contributed by atoms with Gasteiger partial charge in [0.25, 0.3) is 5.91 Å². The van der Waals surface area contributed by atoms with Crippen molar-refractivity contribution in [3.05, 3.63) is 0 Å². The summed E-state index contributed by atoms with van der Waals surface area (Å²) in [6, 6.07) is -1.58. The number of carbonyl (C=O) groups excluding carboxylic acids is 3. The van der Waals surface area contributed by atoms with E-state index in [2.05, 4.69) is 5.32 Å². The minimum atomic E-state index is -0.761. The Hall–Kier alpha value is -0.790. The van der Waals surface area contributed by atoms with Gasteiger partial charge in [-0.2, -0.15) is 11.8 Å². The number of likely N-dealkylation sites (tertiary alicyclic amines) is 1. The molecule has 0 radical (unpaired) electrons. The van der Waals surface area contributed by atoms with E-state index in [0.717, 1.165) is 5.75 Å². The Bertz CT molecular complexity index is 379. The van der Waals surface area contributed by atoms with Crippen molar-refractivity contribution in [2.75, 3.05) is 12.0 Å². The van der Waals surface area contributed by atoms with Crippen molar-refractivity contribution in [1.29, 1.82) is 0 Å². The van der Waals surface area contributed by atoms with E-state index >= 15 is 0 Å². The summed E-state index contributed by atoms with van der Waals surface area (Å²) in [6.45, 7) is 3.54. The highest BCUT2D eigenvalue weighted by atomic mass is 35.5. The standard InChI is InChI=1S/C12H21N3O3S.ClH/c1-7(2)15-10(16)6-9(12(15)18)14-11(17)8(13)4-5-19-3;/h7-9H,4-6,13H2,1-3H3,(H,14,17);1H/t8-,9?;/m0./s1. The molecule has 0 aromatic heterocycles. The third kappa shape index (κ3) is 4.64. The lowest BCUT2D eigenvalue weighted by Gasteiger charge is -2.19. The quantitative estimate of drug-likeness (QED) is 0.678. The van der Waals surface area contributed by atoms with Crippen LogP contribution in [0.2, 0.25) is 0 Å². The van der Waals surface area contributed by atoms with Gasteiger partial charge < -0.3 is 11.1 Å². The Labute approximate surface area is 129 Å². The number of rotatable bonds is 6. The Balaban J connectivity index is 0.00000361. The molecule has 6 nitrogen and oxygen atoms in total. The summed E-state index contributed by atoms with van der Waals surface area (Å²) in [6.07, 6.45) is 2.51. The van der Waals surface area contributed by atoms with Crippen LogP contribution in [0.25, 0.3) is 0 Å². The maximum Gasteiger partial charge on any atom is 0.252 e. The number of hydrogen-bond acceptors (Lipinski definition) is 5. The molecule has 3 amide bonds. The van der Waals surface area contributed by atoms with Crippen LogP contribution in [0.4, 0.5) is 0 Å². The van der Waals surface area contributed by atoms with Crippen LogP contribution >= 0.6 is 24.2 Å². The van der Waals surface area contributed by atoms with E-state index in [9.17, 15) is 14.4 Å². The number of nitrogens with zero attached hydrogens (tertiary/aromatic N) is 1. The van der Waals surface area contributed by atoms with Gasteiger partial charge in [-0.25, -0.2) is 0 Å². The minimum absolute atomic E-state index is 0. The van der Waals surface area contributed by atoms with Gasteiger partial charge in [-0.05, 0) is 32.3 Å². The third-order valence-electron chi connectivity index (χ3n) is 2.99. The molecule has 0 spiro atoms. The van der Waals surface area contributed by atoms with Crippen LogP contribution in [-0.4, -0.2) is 52.8 Å². The first-order chi connectivity index (χ1) is 8.88. The molecular formula is C12H22ClN3O3S. The molecule has 0 aromatic rings. The van der Waals surface area contributed by atoms with E-state index in [0.29, 0.717) is 6.42 Å². The number of carbonyl (C=O) groups is 3. The number of nitrogens with one attached hydrogen (secondary N) is 1. The van der Waals surface area contributed by atoms with Crippen molar-refractivity contribution in [3.8, 4) is 0 Å². The van der Waals surface area contributed by atoms with Crippen molar-refractivity contribution in [2.45, 2.75) is 44.8 Å². The second-order valence-corrected chi connectivity index (χ2v) is 5.83. The van der Waals surface area contributed by atoms with E-state index in [-0.39, 0.29) is 42.6 Å². The lowest BCUT2D eigenvalue weighted by molar-refractivity contribution is -0.141. The number of nitrogens with two attached hydrogens (primary N) is 1. The van der Waals surface area contributed by atoms with E-state index in [1.807, 2.05) is 6.26 Å². The van der Waals surface area contributed by atoms with Gasteiger partial charge in [0.1, 0.15) is 6.04 Å². The van der Waals surface area contributed by atoms with Crippen LogP contribution < -0.4 is 11.1 Å². The lowest BCUT2D eigenvalue weighted by Crippen LogP contribution is -2.49. The highest BCUT2D eigenvalue weighted by Crippen LogP contribution is 2.16. The molecule has 1 aliphatic heterocycles. The van der Waals surface area contributed by atoms with Crippen molar-refractivity contribution in [1.82, 2.24) is 10.2 Å². The summed E-state index contributed by atoms with van der Waals surface area (Å²) >= 11 is 1.61. The molecule has 8 heteroatoms. The molecule has 1 rings (SSSR count). The fourth-order valence-electron chi connectivity index (χ4n) is 1.96. The van der Waals surface area contributed by atoms with Crippen LogP contribution in [0.5, 0.6) is 0 Å². The normalized spacial score (nSPS) is 20.1. The zero-order valence-corrected chi connectivity index (χ0v) is 13.6. The second kappa shape index (κ2) is 8.49. The molecular weight excluding hydrogens is 302 g/mol. The number of imide groups is 1. The van der Waals surface area contributed by atoms with Crippen molar-refractivity contribution in [2.24, 2.45) is 5.73 Å². The Kier molecular flexibility index (Phi) is 8.15. The van der Waals surface area contributed by atoms with E-state index in [4.69, 9.17) is 5.73 Å². The summed E-state index contributed by atoms with van der Waals surface area (Å²) in [5.74, 6) is -0.177. The molecule has 2 atom stereocenters. The van der Waals surface area contributed by atoms with E-state index in [1.54, 1.807) is 25.6 Å². The zero-order valence-electron chi connectivity index (χ0n) is 11.9. The molecule has 1 heterocycles. The maximum atomic E-state index is 12.0. The summed E-state index contributed by atoms with van der Waals surface area (Å²) in [5, 5.41) is 2.57. The Morgan fingerprint density at radius 3 is 2.55 bits per heavy atom. The van der Waals surface area contributed by atoms with Gasteiger partial charge in [0.05, 0.1) is 12.5 Å². The molecule has 0 bridgehead atoms. The monoisotopic (exact) mass is 323 g/mol. The molecule has 1 saturated heterocycles. The number of hydrogen-bond donors (Lipinski definition) is 2. The summed E-state index contributed by atoms with van der Waals surface area (Å²) in [7, 11) is 0. The SMILES string of the molecule is CSCC[C@H](N)C(=O)NC1CC(=O)N(C(C)C)C1=O.Cl. The fourth-order valence-corrected chi connectivity index (χ4v) is 2.45. The number of amides is 3.